The molecule has 0 amide bonds. The van der Waals surface area contributed by atoms with Crippen molar-refractivity contribution in [2.24, 2.45) is 5.41 Å². The van der Waals surface area contributed by atoms with Crippen LogP contribution in [-0.2, 0) is 0 Å². The van der Waals surface area contributed by atoms with Gasteiger partial charge in [0.05, 0.1) is 0 Å². The van der Waals surface area contributed by atoms with Crippen molar-refractivity contribution in [1.82, 2.24) is 5.32 Å². The predicted octanol–water partition coefficient (Wildman–Crippen LogP) is 5.14. The second-order valence-electron chi connectivity index (χ2n) is 7.61. The molecule has 1 aromatic carbocycles. The molecule has 0 aliphatic carbocycles. The van der Waals surface area contributed by atoms with Gasteiger partial charge < -0.3 is 5.32 Å². The molecule has 20 heavy (non-hydrogen) atoms. The lowest BCUT2D eigenvalue weighted by Crippen LogP contribution is -2.43. The van der Waals surface area contributed by atoms with E-state index in [1.54, 1.807) is 6.92 Å². The third kappa shape index (κ3) is 4.86. The first-order valence-electron chi connectivity index (χ1n) is 7.14. The lowest BCUT2D eigenvalue weighted by atomic mass is 9.81. The van der Waals surface area contributed by atoms with Gasteiger partial charge in [-0.3, -0.25) is 0 Å². The lowest BCUT2D eigenvalue weighted by molar-refractivity contribution is 0.225. The summed E-state index contributed by atoms with van der Waals surface area (Å²) in [6.45, 7) is 14.2. The fraction of sp³-hybridized carbons (Fsp3) is 0.647. The van der Waals surface area contributed by atoms with E-state index in [-0.39, 0.29) is 28.6 Å². The van der Waals surface area contributed by atoms with E-state index in [1.807, 2.05) is 6.92 Å². The number of hydrogen-bond donors (Lipinski definition) is 1. The molecule has 0 aliphatic heterocycles. The molecule has 0 saturated carbocycles. The minimum atomic E-state index is -0.358. The summed E-state index contributed by atoms with van der Waals surface area (Å²) in [4.78, 5) is 0. The quantitative estimate of drug-likeness (QED) is 0.807. The second-order valence-corrected chi connectivity index (χ2v) is 7.61. The molecule has 1 aromatic rings. The van der Waals surface area contributed by atoms with Gasteiger partial charge in [-0.25, -0.2) is 8.78 Å². The Morgan fingerprint density at radius 3 is 2.10 bits per heavy atom. The van der Waals surface area contributed by atoms with Crippen LogP contribution in [-0.4, -0.2) is 5.54 Å². The largest absolute Gasteiger partial charge is 0.305 e. The van der Waals surface area contributed by atoms with Gasteiger partial charge in [0.25, 0.3) is 0 Å². The zero-order valence-electron chi connectivity index (χ0n) is 13.7. The van der Waals surface area contributed by atoms with Gasteiger partial charge in [-0.2, -0.15) is 0 Å². The fourth-order valence-electron chi connectivity index (χ4n) is 3.03. The average molecular weight is 283 g/mol. The van der Waals surface area contributed by atoms with E-state index in [9.17, 15) is 8.78 Å². The summed E-state index contributed by atoms with van der Waals surface area (Å²) in [6, 6.07) is 2.33. The molecule has 0 fully saturated rings. The minimum Gasteiger partial charge on any atom is -0.305 e. The van der Waals surface area contributed by atoms with Crippen LogP contribution >= 0.6 is 0 Å². The molecule has 0 saturated heterocycles. The fourth-order valence-corrected chi connectivity index (χ4v) is 3.03. The van der Waals surface area contributed by atoms with E-state index in [0.29, 0.717) is 11.1 Å². The molecule has 0 aromatic heterocycles. The van der Waals surface area contributed by atoms with Crippen molar-refractivity contribution in [3.05, 3.63) is 34.9 Å². The predicted molar refractivity (Wildman–Crippen MR) is 80.8 cm³/mol. The van der Waals surface area contributed by atoms with Crippen molar-refractivity contribution in [1.29, 1.82) is 0 Å². The van der Waals surface area contributed by atoms with Crippen molar-refractivity contribution < 1.29 is 8.78 Å². The summed E-state index contributed by atoms with van der Waals surface area (Å²) in [5.74, 6) is -0.709. The topological polar surface area (TPSA) is 12.0 Å². The smallest absolute Gasteiger partial charge is 0.128 e. The van der Waals surface area contributed by atoms with Gasteiger partial charge in [-0.1, -0.05) is 20.8 Å². The zero-order valence-corrected chi connectivity index (χ0v) is 13.7. The van der Waals surface area contributed by atoms with Crippen molar-refractivity contribution in [3.63, 3.8) is 0 Å². The van der Waals surface area contributed by atoms with E-state index < -0.39 is 0 Å². The third-order valence-corrected chi connectivity index (χ3v) is 3.32. The second kappa shape index (κ2) is 5.80. The maximum absolute atomic E-state index is 14.0. The molecule has 3 heteroatoms. The van der Waals surface area contributed by atoms with Crippen LogP contribution in [0.3, 0.4) is 0 Å². The highest BCUT2D eigenvalue weighted by atomic mass is 19.1. The van der Waals surface area contributed by atoms with Crippen molar-refractivity contribution in [2.75, 3.05) is 0 Å². The van der Waals surface area contributed by atoms with Crippen LogP contribution in [0.5, 0.6) is 0 Å². The molecule has 1 nitrogen and oxygen atoms in total. The number of hydrogen-bond acceptors (Lipinski definition) is 1. The number of nitrogens with one attached hydrogen (secondary N) is 1. The Hall–Kier alpha value is -0.960. The van der Waals surface area contributed by atoms with Crippen LogP contribution in [0.25, 0.3) is 0 Å². The van der Waals surface area contributed by atoms with Crippen LogP contribution in [0, 0.1) is 24.0 Å². The highest BCUT2D eigenvalue weighted by Gasteiger charge is 2.27. The van der Waals surface area contributed by atoms with Crippen molar-refractivity contribution in [3.8, 4) is 0 Å². The SMILES string of the molecule is Cc1cc(F)c(C(C)NC(C)(C)CC(C)(C)C)cc1F. The highest BCUT2D eigenvalue weighted by Crippen LogP contribution is 2.30. The molecule has 1 unspecified atom stereocenters. The number of halogens is 2. The summed E-state index contributed by atoms with van der Waals surface area (Å²) < 4.78 is 27.6. The first-order chi connectivity index (χ1) is 8.91. The Bertz CT molecular complexity index is 473. The number of benzene rings is 1. The summed E-state index contributed by atoms with van der Waals surface area (Å²) in [7, 11) is 0. The lowest BCUT2D eigenvalue weighted by Gasteiger charge is -2.36. The Balaban J connectivity index is 2.91. The Labute approximate surface area is 121 Å². The maximum atomic E-state index is 14.0. The minimum absolute atomic E-state index is 0.147. The van der Waals surface area contributed by atoms with Gasteiger partial charge in [0.1, 0.15) is 11.6 Å². The molecule has 0 heterocycles. The zero-order chi connectivity index (χ0) is 15.7. The first-order valence-corrected chi connectivity index (χ1v) is 7.14. The number of aryl methyl sites for hydroxylation is 1. The van der Waals surface area contributed by atoms with E-state index in [4.69, 9.17) is 0 Å². The monoisotopic (exact) mass is 283 g/mol. The number of rotatable bonds is 4. The summed E-state index contributed by atoms with van der Waals surface area (Å²) in [6.07, 6.45) is 0.945. The van der Waals surface area contributed by atoms with E-state index >= 15 is 0 Å². The molecular formula is C17H27F2N. The summed E-state index contributed by atoms with van der Waals surface area (Å²) in [5.41, 5.74) is 0.751. The van der Waals surface area contributed by atoms with Gasteiger partial charge in [0.2, 0.25) is 0 Å². The van der Waals surface area contributed by atoms with Gasteiger partial charge in [-0.15, -0.1) is 0 Å². The molecule has 1 rings (SSSR count). The highest BCUT2D eigenvalue weighted by molar-refractivity contribution is 5.27. The maximum Gasteiger partial charge on any atom is 0.128 e. The van der Waals surface area contributed by atoms with E-state index in [1.165, 1.54) is 12.1 Å². The molecule has 114 valence electrons. The normalized spacial score (nSPS) is 14.4. The average Bonchev–Trinajstić information content (AvgIpc) is 2.18. The molecule has 0 radical (unpaired) electrons. The van der Waals surface area contributed by atoms with Crippen LogP contribution in [0.2, 0.25) is 0 Å². The van der Waals surface area contributed by atoms with Gasteiger partial charge in [-0.05, 0) is 57.2 Å². The molecule has 0 aliphatic rings. The van der Waals surface area contributed by atoms with Gasteiger partial charge >= 0.3 is 0 Å². The third-order valence-electron chi connectivity index (χ3n) is 3.32. The van der Waals surface area contributed by atoms with Crippen LogP contribution in [0.1, 0.15) is 65.1 Å². The van der Waals surface area contributed by atoms with Crippen LogP contribution in [0.4, 0.5) is 8.78 Å². The Kier molecular flexibility index (Phi) is 4.96. The van der Waals surface area contributed by atoms with Gasteiger partial charge in [0, 0.05) is 17.1 Å². The van der Waals surface area contributed by atoms with Crippen molar-refractivity contribution in [2.45, 2.75) is 66.5 Å². The van der Waals surface area contributed by atoms with Crippen molar-refractivity contribution >= 4 is 0 Å². The Morgan fingerprint density at radius 2 is 1.60 bits per heavy atom. The first kappa shape index (κ1) is 17.1. The Morgan fingerprint density at radius 1 is 1.05 bits per heavy atom. The summed E-state index contributed by atoms with van der Waals surface area (Å²) in [5, 5.41) is 3.41. The molecule has 1 atom stereocenters. The van der Waals surface area contributed by atoms with E-state index in [2.05, 4.69) is 39.9 Å². The van der Waals surface area contributed by atoms with Crippen LogP contribution < -0.4 is 5.32 Å². The van der Waals surface area contributed by atoms with Crippen LogP contribution in [0.15, 0.2) is 12.1 Å². The standard InChI is InChI=1S/C17H27F2N/c1-11-8-15(19)13(9-14(11)18)12(2)20-17(6,7)10-16(3,4)5/h8-9,12,20H,10H2,1-7H3. The van der Waals surface area contributed by atoms with Gasteiger partial charge in [0.15, 0.2) is 0 Å². The summed E-state index contributed by atoms with van der Waals surface area (Å²) >= 11 is 0. The molecule has 1 N–H and O–H groups in total. The molecule has 0 bridgehead atoms. The molecule has 0 spiro atoms. The van der Waals surface area contributed by atoms with E-state index in [0.717, 1.165) is 6.42 Å². The molecular weight excluding hydrogens is 256 g/mol.